The Bertz CT molecular complexity index is 2120. The van der Waals surface area contributed by atoms with Crippen LogP contribution in [0.25, 0.3) is 14.5 Å². The second-order valence-electron chi connectivity index (χ2n) is 12.7. The predicted octanol–water partition coefficient (Wildman–Crippen LogP) is 7.32. The van der Waals surface area contributed by atoms with E-state index in [2.05, 4.69) is 14.5 Å². The zero-order chi connectivity index (χ0) is 37.9. The van der Waals surface area contributed by atoms with Crippen LogP contribution in [0.15, 0.2) is 87.5 Å². The average Bonchev–Trinajstić information content (AvgIpc) is 3.08. The number of sulfone groups is 3. The standard InChI is InChI=1S/C39H39N3O6S3/c1-25-10-16-31(17-11-25)49(43,44)37(40-7)22-34-28(4)35(23-38(41-8)50(45,46)32-18-12-26(2)13-19-32)30(6)36(29(34)5)24-39(42-9)51(47,48)33-20-14-27(3)15-21-33/h10-21,37-39H,22-24H2,1-6H3. The summed E-state index contributed by atoms with van der Waals surface area (Å²) in [6.07, 6.45) is -0.838. The number of nitrogens with zero attached hydrogens (tertiary/aromatic N) is 3. The van der Waals surface area contributed by atoms with E-state index in [0.29, 0.717) is 33.4 Å². The molecule has 0 spiro atoms. The third kappa shape index (κ3) is 7.92. The van der Waals surface area contributed by atoms with Crippen molar-refractivity contribution in [3.05, 3.63) is 157 Å². The molecule has 0 fully saturated rings. The van der Waals surface area contributed by atoms with Crippen molar-refractivity contribution in [2.24, 2.45) is 0 Å². The van der Waals surface area contributed by atoms with Crippen LogP contribution >= 0.6 is 0 Å². The lowest BCUT2D eigenvalue weighted by Gasteiger charge is -2.23. The molecule has 3 unspecified atom stereocenters. The van der Waals surface area contributed by atoms with Crippen LogP contribution in [0.3, 0.4) is 0 Å². The molecular weight excluding hydrogens is 703 g/mol. The first-order valence-electron chi connectivity index (χ1n) is 16.0. The van der Waals surface area contributed by atoms with Gasteiger partial charge in [-0.3, -0.25) is 14.5 Å². The summed E-state index contributed by atoms with van der Waals surface area (Å²) in [5.41, 5.74) is 5.34. The lowest BCUT2D eigenvalue weighted by atomic mass is 9.84. The molecule has 3 atom stereocenters. The molecule has 4 rings (SSSR count). The van der Waals surface area contributed by atoms with Gasteiger partial charge >= 0.3 is 16.1 Å². The zero-order valence-corrected chi connectivity index (χ0v) is 31.7. The Morgan fingerprint density at radius 3 is 0.784 bits per heavy atom. The van der Waals surface area contributed by atoms with E-state index in [1.165, 1.54) is 36.4 Å². The largest absolute Gasteiger partial charge is 0.329 e. The van der Waals surface area contributed by atoms with Gasteiger partial charge < -0.3 is 0 Å². The summed E-state index contributed by atoms with van der Waals surface area (Å²) < 4.78 is 82.6. The van der Waals surface area contributed by atoms with E-state index in [0.717, 1.165) is 16.7 Å². The molecule has 0 radical (unpaired) electrons. The quantitative estimate of drug-likeness (QED) is 0.141. The summed E-state index contributed by atoms with van der Waals surface area (Å²) in [5, 5.41) is -4.66. The molecule has 0 saturated carbocycles. The molecule has 264 valence electrons. The molecular formula is C39H39N3O6S3. The van der Waals surface area contributed by atoms with Crippen LogP contribution in [0.2, 0.25) is 0 Å². The van der Waals surface area contributed by atoms with Crippen molar-refractivity contribution in [2.75, 3.05) is 0 Å². The maximum Gasteiger partial charge on any atom is 0.329 e. The van der Waals surface area contributed by atoms with E-state index in [9.17, 15) is 25.3 Å². The van der Waals surface area contributed by atoms with E-state index in [1.807, 2.05) is 20.8 Å². The van der Waals surface area contributed by atoms with Gasteiger partial charge in [-0.15, -0.1) is 0 Å². The van der Waals surface area contributed by atoms with E-state index < -0.39 is 45.6 Å². The molecule has 12 heteroatoms. The second-order valence-corrected chi connectivity index (χ2v) is 19.1. The Balaban J connectivity index is 1.92. The molecule has 51 heavy (non-hydrogen) atoms. The third-order valence-corrected chi connectivity index (χ3v) is 15.2. The van der Waals surface area contributed by atoms with Gasteiger partial charge in [0, 0.05) is 0 Å². The summed E-state index contributed by atoms with van der Waals surface area (Å²) in [7, 11) is -12.5. The summed E-state index contributed by atoms with van der Waals surface area (Å²) >= 11 is 0. The van der Waals surface area contributed by atoms with Gasteiger partial charge in [0.2, 0.25) is 0 Å². The van der Waals surface area contributed by atoms with Crippen molar-refractivity contribution in [2.45, 2.75) is 91.6 Å². The summed E-state index contributed by atoms with van der Waals surface area (Å²) in [5.74, 6) is 0. The fraction of sp³-hybridized carbons (Fsp3) is 0.308. The normalized spacial score (nSPS) is 13.7. The molecule has 0 heterocycles. The highest BCUT2D eigenvalue weighted by Gasteiger charge is 2.39. The molecule has 0 N–H and O–H groups in total. The van der Waals surface area contributed by atoms with Gasteiger partial charge in [0.25, 0.3) is 29.5 Å². The molecule has 0 aliphatic carbocycles. The highest BCUT2D eigenvalue weighted by Crippen LogP contribution is 2.35. The van der Waals surface area contributed by atoms with Gasteiger partial charge in [-0.25, -0.2) is 45.0 Å². The smallest absolute Gasteiger partial charge is 0.296 e. The molecule has 0 saturated heterocycles. The number of hydrogen-bond acceptors (Lipinski definition) is 6. The Kier molecular flexibility index (Phi) is 11.6. The maximum atomic E-state index is 13.8. The fourth-order valence-electron chi connectivity index (χ4n) is 6.16. The molecule has 9 nitrogen and oxygen atoms in total. The molecule has 4 aromatic rings. The molecule has 0 bridgehead atoms. The van der Waals surface area contributed by atoms with Crippen LogP contribution in [-0.4, -0.2) is 41.4 Å². The summed E-state index contributed by atoms with van der Waals surface area (Å²) in [4.78, 5) is 10.5. The topological polar surface area (TPSA) is 115 Å². The Morgan fingerprint density at radius 2 is 0.608 bits per heavy atom. The minimum atomic E-state index is -4.16. The Labute approximate surface area is 302 Å². The van der Waals surface area contributed by atoms with Crippen molar-refractivity contribution in [3.8, 4) is 0 Å². The van der Waals surface area contributed by atoms with Gasteiger partial charge in [-0.05, 0) is 111 Å². The van der Waals surface area contributed by atoms with E-state index in [4.69, 9.17) is 19.7 Å². The number of aryl methyl sites for hydroxylation is 3. The fourth-order valence-corrected chi connectivity index (χ4v) is 10.2. The molecule has 0 aliphatic heterocycles. The first kappa shape index (κ1) is 39.0. The molecule has 0 aromatic heterocycles. The van der Waals surface area contributed by atoms with Crippen LogP contribution in [0.1, 0.15) is 50.1 Å². The maximum absolute atomic E-state index is 13.8. The first-order chi connectivity index (χ1) is 23.9. The van der Waals surface area contributed by atoms with Crippen molar-refractivity contribution in [1.82, 2.24) is 0 Å². The van der Waals surface area contributed by atoms with Crippen molar-refractivity contribution in [1.29, 1.82) is 0 Å². The lowest BCUT2D eigenvalue weighted by molar-refractivity contribution is 0.586. The third-order valence-electron chi connectivity index (χ3n) is 9.41. The minimum absolute atomic E-state index is 0.0218. The van der Waals surface area contributed by atoms with Crippen LogP contribution in [0.5, 0.6) is 0 Å². The highest BCUT2D eigenvalue weighted by atomic mass is 32.2. The van der Waals surface area contributed by atoms with Crippen molar-refractivity contribution in [3.63, 3.8) is 0 Å². The van der Waals surface area contributed by atoms with E-state index in [-0.39, 0.29) is 33.9 Å². The van der Waals surface area contributed by atoms with Gasteiger partial charge in [0.15, 0.2) is 0 Å². The number of hydrogen-bond donors (Lipinski definition) is 0. The van der Waals surface area contributed by atoms with Crippen LogP contribution in [0.4, 0.5) is 0 Å². The van der Waals surface area contributed by atoms with Crippen LogP contribution < -0.4 is 0 Å². The average molecular weight is 742 g/mol. The van der Waals surface area contributed by atoms with Crippen molar-refractivity contribution >= 4 is 29.5 Å². The molecule has 0 amide bonds. The van der Waals surface area contributed by atoms with Gasteiger partial charge in [-0.2, -0.15) is 0 Å². The van der Waals surface area contributed by atoms with Gasteiger partial charge in [0.1, 0.15) is 0 Å². The highest BCUT2D eigenvalue weighted by molar-refractivity contribution is 7.92. The van der Waals surface area contributed by atoms with Gasteiger partial charge in [-0.1, -0.05) is 53.1 Å². The molecule has 4 aromatic carbocycles. The van der Waals surface area contributed by atoms with Crippen LogP contribution in [-0.2, 0) is 48.8 Å². The minimum Gasteiger partial charge on any atom is -0.296 e. The number of benzene rings is 4. The van der Waals surface area contributed by atoms with Crippen LogP contribution in [0, 0.1) is 61.3 Å². The second kappa shape index (κ2) is 15.2. The first-order valence-corrected chi connectivity index (χ1v) is 20.7. The summed E-state index contributed by atoms with van der Waals surface area (Å²) in [6, 6.07) is 18.5. The Hall–Kier alpha value is -4.80. The lowest BCUT2D eigenvalue weighted by Crippen LogP contribution is -2.26. The monoisotopic (exact) mass is 741 g/mol. The number of rotatable bonds is 12. The van der Waals surface area contributed by atoms with Crippen molar-refractivity contribution < 1.29 is 25.3 Å². The van der Waals surface area contributed by atoms with E-state index >= 15 is 0 Å². The predicted molar refractivity (Wildman–Crippen MR) is 198 cm³/mol. The Morgan fingerprint density at radius 1 is 0.412 bits per heavy atom. The van der Waals surface area contributed by atoms with E-state index in [1.54, 1.807) is 57.2 Å². The zero-order valence-electron chi connectivity index (χ0n) is 29.3. The van der Waals surface area contributed by atoms with Gasteiger partial charge in [0.05, 0.1) is 33.9 Å². The SMILES string of the molecule is [C-]#[N+]C(Cc1c(C)c(CC([N+]#[C-])S(=O)(=O)c2ccc(C)cc2)c(C)c(CC([N+]#[C-])S(=O)(=O)c2ccc(C)cc2)c1C)S(=O)(=O)c1ccc(C)cc1. The summed E-state index contributed by atoms with van der Waals surface area (Å²) in [6.45, 7) is 34.3. The molecule has 0 aliphatic rings.